The van der Waals surface area contributed by atoms with Crippen molar-refractivity contribution in [2.75, 3.05) is 38.2 Å². The van der Waals surface area contributed by atoms with Gasteiger partial charge in [0, 0.05) is 36.8 Å². The van der Waals surface area contributed by atoms with E-state index in [0.29, 0.717) is 46.2 Å². The first-order valence-electron chi connectivity index (χ1n) is 18.9. The first kappa shape index (κ1) is 40.5. The van der Waals surface area contributed by atoms with E-state index in [9.17, 15) is 23.6 Å². The minimum Gasteiger partial charge on any atom is -0.619 e. The Morgan fingerprint density at radius 1 is 0.965 bits per heavy atom. The largest absolute Gasteiger partial charge is 0.619 e. The van der Waals surface area contributed by atoms with Crippen molar-refractivity contribution in [3.63, 3.8) is 0 Å². The second-order valence-corrected chi connectivity index (χ2v) is 15.6. The molecule has 1 saturated carbocycles. The zero-order valence-electron chi connectivity index (χ0n) is 31.1. The molecule has 1 unspecified atom stereocenters. The highest BCUT2D eigenvalue weighted by Crippen LogP contribution is 2.39. The lowest BCUT2D eigenvalue weighted by Crippen LogP contribution is -2.52. The molecular weight excluding hydrogens is 786 g/mol. The van der Waals surface area contributed by atoms with Gasteiger partial charge in [-0.05, 0) is 92.1 Å². The van der Waals surface area contributed by atoms with Gasteiger partial charge in [0.2, 0.25) is 0 Å². The number of fused-ring (bicyclic) bond motifs is 3. The van der Waals surface area contributed by atoms with Gasteiger partial charge in [0.15, 0.2) is 29.9 Å². The molecule has 3 aliphatic heterocycles. The molecule has 15 heteroatoms. The van der Waals surface area contributed by atoms with Crippen LogP contribution < -0.4 is 19.1 Å². The molecule has 8 rings (SSSR count). The predicted octanol–water partition coefficient (Wildman–Crippen LogP) is 8.04. The number of esters is 2. The van der Waals surface area contributed by atoms with Gasteiger partial charge >= 0.3 is 18.6 Å². The lowest BCUT2D eigenvalue weighted by atomic mass is 9.86. The van der Waals surface area contributed by atoms with Crippen molar-refractivity contribution >= 4 is 40.8 Å². The third kappa shape index (κ3) is 10.1. The van der Waals surface area contributed by atoms with Gasteiger partial charge < -0.3 is 29.1 Å². The molecule has 0 spiro atoms. The fourth-order valence-electron chi connectivity index (χ4n) is 7.48. The molecule has 1 aromatic heterocycles. The normalized spacial score (nSPS) is 19.8. The highest BCUT2D eigenvalue weighted by Gasteiger charge is 2.39. The molecule has 4 fully saturated rings. The van der Waals surface area contributed by atoms with E-state index in [-0.39, 0.29) is 52.0 Å². The van der Waals surface area contributed by atoms with E-state index in [1.54, 1.807) is 54.4 Å². The summed E-state index contributed by atoms with van der Waals surface area (Å²) in [6.45, 7) is -0.156. The van der Waals surface area contributed by atoms with Crippen LogP contribution in [0.4, 0.5) is 18.9 Å². The molecule has 0 radical (unpaired) electrons. The topological polar surface area (TPSA) is 104 Å². The molecule has 2 bridgehead atoms. The van der Waals surface area contributed by atoms with E-state index in [0.717, 1.165) is 51.2 Å². The van der Waals surface area contributed by atoms with Gasteiger partial charge in [0.25, 0.3) is 0 Å². The van der Waals surface area contributed by atoms with Crippen molar-refractivity contribution in [1.82, 2.24) is 4.90 Å². The van der Waals surface area contributed by atoms with Crippen molar-refractivity contribution < 1.29 is 46.4 Å². The van der Waals surface area contributed by atoms with Crippen LogP contribution in [0.3, 0.4) is 0 Å². The van der Waals surface area contributed by atoms with E-state index >= 15 is 4.39 Å². The summed E-state index contributed by atoms with van der Waals surface area (Å²) >= 11 is 12.8. The van der Waals surface area contributed by atoms with E-state index in [1.807, 2.05) is 0 Å². The van der Waals surface area contributed by atoms with E-state index in [1.165, 1.54) is 24.3 Å². The lowest BCUT2D eigenvalue weighted by Gasteiger charge is -2.44. The highest BCUT2D eigenvalue weighted by atomic mass is 35.5. The molecular formula is C42H42Cl2F3N3O7. The Morgan fingerprint density at radius 3 is 2.30 bits per heavy atom. The molecule has 57 heavy (non-hydrogen) atoms. The van der Waals surface area contributed by atoms with Crippen LogP contribution >= 0.6 is 23.2 Å². The Hall–Kier alpha value is -4.72. The zero-order valence-corrected chi connectivity index (χ0v) is 32.6. The third-order valence-electron chi connectivity index (χ3n) is 10.8. The second kappa shape index (κ2) is 17.8. The smallest absolute Gasteiger partial charge is 0.387 e. The summed E-state index contributed by atoms with van der Waals surface area (Å²) in [4.78, 5) is 31.4. The fraction of sp³-hybridized carbons (Fsp3) is 0.405. The minimum atomic E-state index is -3.09. The third-order valence-corrected chi connectivity index (χ3v) is 11.5. The van der Waals surface area contributed by atoms with Gasteiger partial charge in [-0.15, -0.1) is 0 Å². The van der Waals surface area contributed by atoms with E-state index in [2.05, 4.69) is 4.90 Å². The second-order valence-electron chi connectivity index (χ2n) is 14.8. The van der Waals surface area contributed by atoms with Gasteiger partial charge in [-0.25, -0.2) is 9.18 Å². The molecule has 4 aliphatic rings. The number of carbonyl (C=O) groups is 2. The number of likely N-dealkylation sites (N-methyl/N-ethyl adjacent to an activating group) is 1. The number of aromatic nitrogens is 1. The molecule has 10 nitrogen and oxygen atoms in total. The van der Waals surface area contributed by atoms with Crippen LogP contribution in [0, 0.1) is 22.9 Å². The van der Waals surface area contributed by atoms with Gasteiger partial charge in [-0.2, -0.15) is 13.5 Å². The molecule has 4 heterocycles. The van der Waals surface area contributed by atoms with Crippen LogP contribution in [0.2, 0.25) is 10.0 Å². The van der Waals surface area contributed by atoms with Crippen molar-refractivity contribution in [2.45, 2.75) is 63.4 Å². The molecule has 3 saturated heterocycles. The number of benzene rings is 3. The number of ether oxygens (including phenoxy) is 4. The Kier molecular flexibility index (Phi) is 12.7. The van der Waals surface area contributed by atoms with Crippen LogP contribution in [-0.2, 0) is 31.9 Å². The highest BCUT2D eigenvalue weighted by molar-refractivity contribution is 6.35. The van der Waals surface area contributed by atoms with E-state index < -0.39 is 36.5 Å². The van der Waals surface area contributed by atoms with Gasteiger partial charge in [0.05, 0.1) is 13.0 Å². The number of carbonyl (C=O) groups excluding carboxylic acids is 2. The van der Waals surface area contributed by atoms with Gasteiger partial charge in [-0.1, -0.05) is 59.6 Å². The molecule has 3 aromatic carbocycles. The molecule has 3 atom stereocenters. The monoisotopic (exact) mass is 827 g/mol. The maximum absolute atomic E-state index is 15.2. The molecule has 1 aliphatic carbocycles. The maximum atomic E-state index is 15.2. The van der Waals surface area contributed by atoms with Crippen LogP contribution in [0.25, 0.3) is 0 Å². The van der Waals surface area contributed by atoms with Gasteiger partial charge in [0.1, 0.15) is 28.1 Å². The Balaban J connectivity index is 1.09. The summed E-state index contributed by atoms with van der Waals surface area (Å²) in [5.74, 6) is -1.24. The molecule has 0 amide bonds. The summed E-state index contributed by atoms with van der Waals surface area (Å²) < 4.78 is 64.9. The zero-order chi connectivity index (χ0) is 40.2. The fourth-order valence-corrected chi connectivity index (χ4v) is 8.07. The number of anilines is 1. The minimum absolute atomic E-state index is 0.0439. The van der Waals surface area contributed by atoms with Crippen LogP contribution in [0.15, 0.2) is 79.1 Å². The predicted molar refractivity (Wildman–Crippen MR) is 206 cm³/mol. The maximum Gasteiger partial charge on any atom is 0.387 e. The number of piperidine rings is 3. The number of pyridine rings is 1. The van der Waals surface area contributed by atoms with Crippen molar-refractivity contribution in [3.05, 3.63) is 122 Å². The lowest BCUT2D eigenvalue weighted by molar-refractivity contribution is -0.605. The van der Waals surface area contributed by atoms with Gasteiger partial charge in [-0.3, -0.25) is 9.69 Å². The Labute approximate surface area is 338 Å². The number of alkyl halides is 2. The molecule has 0 N–H and O–H groups in total. The first-order valence-corrected chi connectivity index (χ1v) is 19.6. The van der Waals surface area contributed by atoms with Crippen LogP contribution in [-0.4, -0.2) is 62.8 Å². The average molecular weight is 829 g/mol. The number of nitrogens with zero attached hydrogens (tertiary/aromatic N) is 3. The van der Waals surface area contributed by atoms with E-state index in [4.69, 9.17) is 42.1 Å². The van der Waals surface area contributed by atoms with Crippen LogP contribution in [0.5, 0.6) is 11.5 Å². The Morgan fingerprint density at radius 2 is 1.67 bits per heavy atom. The number of rotatable bonds is 16. The number of halogens is 5. The summed E-state index contributed by atoms with van der Waals surface area (Å²) in [6, 6.07) is 16.2. The summed E-state index contributed by atoms with van der Waals surface area (Å²) in [5, 5.41) is 12.0. The quantitative estimate of drug-likeness (QED) is 0.0631. The van der Waals surface area contributed by atoms with Crippen molar-refractivity contribution in [1.29, 1.82) is 0 Å². The standard InChI is InChI=1S/C42H42Cl2F3N3O7/c1-48(40(30-4-2-3-5-34(30)45)41(52)56-38-23-49-16-14-27(38)15-17-49)29-11-8-25(9-12-29)18-39(51)55-36(20-31-32(43)21-50(53)22-33(31)44)28-10-13-35(57-42(46)47)37(19-28)54-24-26-6-7-26/h2-5,8-13,19,21-22,26-27,36,38,40,42H,6-7,14-18,20,23-24H2,1H3/t36-,38-,40?/m0/s1. The molecule has 302 valence electrons. The first-order chi connectivity index (χ1) is 27.4. The SMILES string of the molecule is CN(c1ccc(CC(=O)O[C@@H](Cc2c(Cl)c[n+]([O-])cc2Cl)c2ccc(OC(F)F)c(OCC3CC3)c2)cc1)C(C(=O)O[C@H]1CN2CCC1CC2)c1ccccc1F. The number of hydrogen-bond donors (Lipinski definition) is 0. The Bertz CT molecular complexity index is 2040. The summed E-state index contributed by atoms with van der Waals surface area (Å²) in [5.41, 5.74) is 2.07. The summed E-state index contributed by atoms with van der Waals surface area (Å²) in [6.07, 6.45) is 4.56. The van der Waals surface area contributed by atoms with Crippen molar-refractivity contribution in [3.8, 4) is 11.5 Å². The van der Waals surface area contributed by atoms with Crippen LogP contribution in [0.1, 0.15) is 60.1 Å². The molecule has 4 aromatic rings. The number of hydrogen-bond acceptors (Lipinski definition) is 9. The van der Waals surface area contributed by atoms with Crippen molar-refractivity contribution in [2.24, 2.45) is 11.8 Å². The average Bonchev–Trinajstić information content (AvgIpc) is 4.01. The summed E-state index contributed by atoms with van der Waals surface area (Å²) in [7, 11) is 1.69.